The van der Waals surface area contributed by atoms with Crippen LogP contribution in [0.5, 0.6) is 0 Å². The standard InChI is InChI=1S/C25H23N7O2/c1-17-16-30(13-14-31(17)25(33)26-18-8-3-2-4-9-18)24-27-20-11-6-5-10-19(20)22-28-29-23(32(22)24)21-12-7-15-34-21/h2-12,15,17H,13-14,16H2,1H3,(H,26,33). The summed E-state index contributed by atoms with van der Waals surface area (Å²) in [5, 5.41) is 12.8. The second kappa shape index (κ2) is 8.18. The van der Waals surface area contributed by atoms with E-state index >= 15 is 0 Å². The Kier molecular flexibility index (Phi) is 4.87. The molecule has 9 heteroatoms. The van der Waals surface area contributed by atoms with E-state index in [1.54, 1.807) is 6.26 Å². The zero-order valence-electron chi connectivity index (χ0n) is 18.6. The largest absolute Gasteiger partial charge is 0.461 e. The molecule has 1 aliphatic rings. The fourth-order valence-corrected chi connectivity index (χ4v) is 4.50. The molecule has 1 fully saturated rings. The van der Waals surface area contributed by atoms with Crippen molar-refractivity contribution in [3.8, 4) is 11.6 Å². The highest BCUT2D eigenvalue weighted by atomic mass is 16.3. The van der Waals surface area contributed by atoms with Crippen LogP contribution < -0.4 is 10.2 Å². The number of para-hydroxylation sites is 2. The van der Waals surface area contributed by atoms with E-state index in [9.17, 15) is 4.79 Å². The number of piperazine rings is 1. The van der Waals surface area contributed by atoms with E-state index in [-0.39, 0.29) is 12.1 Å². The van der Waals surface area contributed by atoms with Gasteiger partial charge in [0.1, 0.15) is 0 Å². The van der Waals surface area contributed by atoms with Crippen LogP contribution in [0.4, 0.5) is 16.4 Å². The monoisotopic (exact) mass is 453 g/mol. The Morgan fingerprint density at radius 3 is 2.62 bits per heavy atom. The molecule has 1 saturated heterocycles. The number of nitrogens with one attached hydrogen (secondary N) is 1. The van der Waals surface area contributed by atoms with Gasteiger partial charge in [0.25, 0.3) is 0 Å². The van der Waals surface area contributed by atoms with Gasteiger partial charge in [0.05, 0.1) is 11.8 Å². The van der Waals surface area contributed by atoms with Crippen molar-refractivity contribution >= 4 is 34.2 Å². The average molecular weight is 454 g/mol. The number of furan rings is 1. The lowest BCUT2D eigenvalue weighted by Crippen LogP contribution is -2.55. The number of rotatable bonds is 3. The summed E-state index contributed by atoms with van der Waals surface area (Å²) in [6, 6.07) is 21.0. The smallest absolute Gasteiger partial charge is 0.322 e. The zero-order chi connectivity index (χ0) is 23.1. The highest BCUT2D eigenvalue weighted by Gasteiger charge is 2.30. The second-order valence-corrected chi connectivity index (χ2v) is 8.37. The van der Waals surface area contributed by atoms with E-state index in [4.69, 9.17) is 9.40 Å². The SMILES string of the molecule is CC1CN(c2nc3ccccc3c3nnc(-c4ccco4)n23)CCN1C(=O)Nc1ccccc1. The molecule has 0 bridgehead atoms. The van der Waals surface area contributed by atoms with Crippen LogP contribution in [0, 0.1) is 0 Å². The lowest BCUT2D eigenvalue weighted by Gasteiger charge is -2.40. The minimum Gasteiger partial charge on any atom is -0.461 e. The molecule has 2 amide bonds. The Morgan fingerprint density at radius 1 is 1.00 bits per heavy atom. The first-order valence-corrected chi connectivity index (χ1v) is 11.2. The third-order valence-corrected chi connectivity index (χ3v) is 6.17. The summed E-state index contributed by atoms with van der Waals surface area (Å²) in [5.74, 6) is 1.96. The first-order chi connectivity index (χ1) is 16.7. The van der Waals surface area contributed by atoms with Gasteiger partial charge in [0, 0.05) is 36.7 Å². The number of aromatic nitrogens is 4. The normalized spacial score (nSPS) is 16.3. The lowest BCUT2D eigenvalue weighted by molar-refractivity contribution is 0.184. The number of urea groups is 1. The van der Waals surface area contributed by atoms with Gasteiger partial charge in [-0.3, -0.25) is 0 Å². The maximum atomic E-state index is 12.9. The van der Waals surface area contributed by atoms with E-state index in [1.807, 2.05) is 76.0 Å². The van der Waals surface area contributed by atoms with Gasteiger partial charge in [-0.05, 0) is 43.3 Å². The minimum atomic E-state index is -0.101. The van der Waals surface area contributed by atoms with Crippen molar-refractivity contribution in [2.75, 3.05) is 29.9 Å². The molecule has 0 aliphatic carbocycles. The molecule has 9 nitrogen and oxygen atoms in total. The van der Waals surface area contributed by atoms with Gasteiger partial charge in [-0.1, -0.05) is 30.3 Å². The van der Waals surface area contributed by atoms with Gasteiger partial charge < -0.3 is 19.5 Å². The summed E-state index contributed by atoms with van der Waals surface area (Å²) < 4.78 is 7.59. The Bertz CT molecular complexity index is 1460. The van der Waals surface area contributed by atoms with Gasteiger partial charge in [0.15, 0.2) is 11.4 Å². The number of carbonyl (C=O) groups is 1. The average Bonchev–Trinajstić information content (AvgIpc) is 3.54. The van der Waals surface area contributed by atoms with E-state index in [2.05, 4.69) is 27.3 Å². The number of benzene rings is 2. The maximum absolute atomic E-state index is 12.9. The van der Waals surface area contributed by atoms with Crippen molar-refractivity contribution in [1.82, 2.24) is 24.5 Å². The highest BCUT2D eigenvalue weighted by Crippen LogP contribution is 2.29. The molecule has 1 atom stereocenters. The van der Waals surface area contributed by atoms with Gasteiger partial charge >= 0.3 is 6.03 Å². The van der Waals surface area contributed by atoms with Crippen LogP contribution in [0.2, 0.25) is 0 Å². The van der Waals surface area contributed by atoms with Crippen molar-refractivity contribution in [1.29, 1.82) is 0 Å². The summed E-state index contributed by atoms with van der Waals surface area (Å²) in [6.07, 6.45) is 1.62. The van der Waals surface area contributed by atoms with E-state index in [1.165, 1.54) is 0 Å². The Labute approximate surface area is 195 Å². The number of fused-ring (bicyclic) bond motifs is 3. The van der Waals surface area contributed by atoms with Crippen LogP contribution in [-0.2, 0) is 0 Å². The third-order valence-electron chi connectivity index (χ3n) is 6.17. The predicted molar refractivity (Wildman–Crippen MR) is 130 cm³/mol. The summed E-state index contributed by atoms with van der Waals surface area (Å²) >= 11 is 0. The van der Waals surface area contributed by atoms with Crippen molar-refractivity contribution in [2.45, 2.75) is 13.0 Å². The molecular weight excluding hydrogens is 430 g/mol. The molecule has 0 radical (unpaired) electrons. The summed E-state index contributed by atoms with van der Waals surface area (Å²) in [6.45, 7) is 3.86. The molecule has 1 unspecified atom stereocenters. The lowest BCUT2D eigenvalue weighted by atomic mass is 10.2. The number of nitrogens with zero attached hydrogens (tertiary/aromatic N) is 6. The quantitative estimate of drug-likeness (QED) is 0.438. The van der Waals surface area contributed by atoms with Crippen molar-refractivity contribution in [3.63, 3.8) is 0 Å². The van der Waals surface area contributed by atoms with E-state index < -0.39 is 0 Å². The maximum Gasteiger partial charge on any atom is 0.322 e. The number of hydrogen-bond donors (Lipinski definition) is 1. The van der Waals surface area contributed by atoms with E-state index in [0.717, 1.165) is 28.2 Å². The molecule has 34 heavy (non-hydrogen) atoms. The molecular formula is C25H23N7O2. The molecule has 1 aliphatic heterocycles. The fraction of sp³-hybridized carbons (Fsp3) is 0.200. The van der Waals surface area contributed by atoms with Gasteiger partial charge in [-0.2, -0.15) is 0 Å². The van der Waals surface area contributed by atoms with Crippen LogP contribution in [0.1, 0.15) is 6.92 Å². The Hall–Kier alpha value is -4.40. The number of amides is 2. The number of anilines is 2. The molecule has 4 heterocycles. The van der Waals surface area contributed by atoms with Gasteiger partial charge in [-0.15, -0.1) is 10.2 Å². The summed E-state index contributed by atoms with van der Waals surface area (Å²) in [4.78, 5) is 22.0. The fourth-order valence-electron chi connectivity index (χ4n) is 4.50. The van der Waals surface area contributed by atoms with Crippen LogP contribution >= 0.6 is 0 Å². The topological polar surface area (TPSA) is 91.8 Å². The van der Waals surface area contributed by atoms with Crippen LogP contribution in [-0.4, -0.2) is 56.2 Å². The molecule has 170 valence electrons. The third kappa shape index (κ3) is 3.42. The Balaban J connectivity index is 1.35. The zero-order valence-corrected chi connectivity index (χ0v) is 18.6. The van der Waals surface area contributed by atoms with Crippen molar-refractivity contribution in [3.05, 3.63) is 73.0 Å². The molecule has 0 spiro atoms. The molecule has 6 rings (SSSR count). The van der Waals surface area contributed by atoms with Gasteiger partial charge in [0.2, 0.25) is 11.8 Å². The van der Waals surface area contributed by atoms with Crippen LogP contribution in [0.25, 0.3) is 28.1 Å². The molecule has 5 aromatic rings. The first-order valence-electron chi connectivity index (χ1n) is 11.2. The van der Waals surface area contributed by atoms with Crippen LogP contribution in [0.15, 0.2) is 77.4 Å². The highest BCUT2D eigenvalue weighted by molar-refractivity contribution is 5.93. The minimum absolute atomic E-state index is 0.0238. The van der Waals surface area contributed by atoms with Crippen molar-refractivity contribution in [2.24, 2.45) is 0 Å². The molecule has 0 saturated carbocycles. The molecule has 3 aromatic heterocycles. The molecule has 1 N–H and O–H groups in total. The number of carbonyl (C=O) groups excluding carboxylic acids is 1. The predicted octanol–water partition coefficient (Wildman–Crippen LogP) is 4.28. The van der Waals surface area contributed by atoms with Crippen LogP contribution in [0.3, 0.4) is 0 Å². The number of hydrogen-bond acceptors (Lipinski definition) is 6. The molecule has 2 aromatic carbocycles. The Morgan fingerprint density at radius 2 is 1.82 bits per heavy atom. The summed E-state index contributed by atoms with van der Waals surface area (Å²) in [5.41, 5.74) is 2.36. The second-order valence-electron chi connectivity index (χ2n) is 8.37. The van der Waals surface area contributed by atoms with Gasteiger partial charge in [-0.25, -0.2) is 14.2 Å². The first kappa shape index (κ1) is 20.2. The van der Waals surface area contributed by atoms with E-state index in [0.29, 0.717) is 31.2 Å². The summed E-state index contributed by atoms with van der Waals surface area (Å²) in [7, 11) is 0. The van der Waals surface area contributed by atoms with Crippen molar-refractivity contribution < 1.29 is 9.21 Å².